The number of alkyl halides is 12. The van der Waals surface area contributed by atoms with Crippen molar-refractivity contribution in [3.8, 4) is 34.5 Å². The SMILES string of the molecule is C1[Cl+]C[Cl+]1.COc1cc(C2=NCCO2)nc(C2=NCCO2)c1.COc1cc(C2=NCCO2)nc(C2=NCCO2)c1.COc1cc(C2=NCCO2)nc(C2=NCCO2)c1.COc1cc(C2=NCCO2)nc(C2=NCCO2)c1.COc1cc(C2=NCCO2)nc(C2=NCCO2)c1.COc1cc(C2=NCCO2)nc(C2=NCCO2)c1.ClCCl.ClCCl.ClCCl.ClCCl.O=[N+]([O-])[O-].O=[N+]([O-])[O-].O=[N+]([O-])[O-].O=[N+]([O-])[O-].O=[N+]([O-])[O-].O=[N+]([O-])[O-].[Tb].[Tb]. The largest absolute Gasteiger partial charge is 0.497 e. The van der Waals surface area contributed by atoms with E-state index in [-0.39, 0.29) is 98.6 Å². The van der Waals surface area contributed by atoms with Gasteiger partial charge in [0.1, 0.15) is 182 Å². The summed E-state index contributed by atoms with van der Waals surface area (Å²) in [4.78, 5) is 127. The maximum absolute atomic E-state index is 8.25. The fourth-order valence-corrected chi connectivity index (χ4v) is 11.6. The Labute approximate surface area is 959 Å². The summed E-state index contributed by atoms with van der Waals surface area (Å²) in [5.74, 6) is 10.7. The van der Waals surface area contributed by atoms with Crippen LogP contribution >= 0.6 is 92.8 Å². The summed E-state index contributed by atoms with van der Waals surface area (Å²) >= 11 is 38.1. The fraction of sp³-hybridized carbons (Fsp3) is 0.462. The van der Waals surface area contributed by atoms with Crippen LogP contribution in [-0.4, -0.2) is 364 Å². The van der Waals surface area contributed by atoms with Crippen LogP contribution in [0.25, 0.3) is 0 Å². The van der Waals surface area contributed by atoms with Gasteiger partial charge in [0.25, 0.3) is 21.6 Å². The van der Waals surface area contributed by atoms with Gasteiger partial charge in [-0.25, -0.2) is 89.8 Å². The molecular formula is C78H90Cl10N24O36Tb2-4. The molecule has 0 bridgehead atoms. The van der Waals surface area contributed by atoms with Crippen molar-refractivity contribution in [1.29, 1.82) is 0 Å². The predicted molar refractivity (Wildman–Crippen MR) is 531 cm³/mol. The van der Waals surface area contributed by atoms with Crippen molar-refractivity contribution >= 4 is 164 Å². The summed E-state index contributed by atoms with van der Waals surface area (Å²) in [6, 6.07) is 21.5. The van der Waals surface area contributed by atoms with Crippen LogP contribution in [0.3, 0.4) is 0 Å². The molecular weight excluding hydrogens is 2520 g/mol. The maximum Gasteiger partial charge on any atom is 0.393 e. The van der Waals surface area contributed by atoms with Crippen LogP contribution in [0.2, 0.25) is 0 Å². The molecule has 6 aromatic rings. The van der Waals surface area contributed by atoms with Crippen molar-refractivity contribution in [2.75, 3.05) is 233 Å². The smallest absolute Gasteiger partial charge is 0.393 e. The molecule has 19 heterocycles. The summed E-state index contributed by atoms with van der Waals surface area (Å²) in [5.41, 5.74) is 7.83. The number of hydrogen-bond donors (Lipinski definition) is 0. The third kappa shape index (κ3) is 57.3. The van der Waals surface area contributed by atoms with Crippen LogP contribution in [0.4, 0.5) is 0 Å². The molecule has 1 saturated heterocycles. The molecule has 19 rings (SSSR count). The molecule has 830 valence electrons. The minimum absolute atomic E-state index is 0. The van der Waals surface area contributed by atoms with Gasteiger partial charge in [-0.1, -0.05) is 0 Å². The first-order chi connectivity index (χ1) is 71.2. The Kier molecular flexibility index (Phi) is 74.2. The average molecular weight is 2610 g/mol. The molecule has 0 unspecified atom stereocenters. The van der Waals surface area contributed by atoms with E-state index in [2.05, 4.69) is 111 Å². The van der Waals surface area contributed by atoms with E-state index in [0.29, 0.717) is 331 Å². The number of aliphatic imine (C=N–C) groups is 12. The van der Waals surface area contributed by atoms with E-state index in [1.807, 2.05) is 0 Å². The van der Waals surface area contributed by atoms with E-state index >= 15 is 0 Å². The van der Waals surface area contributed by atoms with E-state index in [9.17, 15) is 0 Å². The Morgan fingerprint density at radius 1 is 0.213 bits per heavy atom. The normalized spacial score (nSPS) is 14.9. The first-order valence-electron chi connectivity index (χ1n) is 41.2. The van der Waals surface area contributed by atoms with Gasteiger partial charge in [0.05, 0.1) is 173 Å². The van der Waals surface area contributed by atoms with Gasteiger partial charge in [-0.05, 0) is 0 Å². The van der Waals surface area contributed by atoms with Gasteiger partial charge in [0.15, 0.2) is 0 Å². The molecule has 1 fully saturated rings. The van der Waals surface area contributed by atoms with E-state index in [1.165, 1.54) is 10.7 Å². The number of pyridine rings is 6. The molecule has 0 atom stereocenters. The molecule has 60 nitrogen and oxygen atoms in total. The van der Waals surface area contributed by atoms with Gasteiger partial charge >= 0.3 is 10.7 Å². The van der Waals surface area contributed by atoms with E-state index < -0.39 is 30.5 Å². The Morgan fingerprint density at radius 3 is 0.333 bits per heavy atom. The van der Waals surface area contributed by atoms with Gasteiger partial charge in [-0.15, -0.1) is 92.8 Å². The molecule has 0 amide bonds. The molecule has 0 aliphatic carbocycles. The number of hydrogen-bond acceptors (Lipinski definition) is 54. The molecule has 6 aromatic heterocycles. The Morgan fingerprint density at radius 2 is 0.287 bits per heavy atom. The predicted octanol–water partition coefficient (Wildman–Crippen LogP) is 8.20. The molecule has 0 spiro atoms. The molecule has 0 N–H and O–H groups in total. The molecule has 13 aliphatic rings. The topological polar surface area (TPSA) is 789 Å². The zero-order valence-corrected chi connectivity index (χ0v) is 90.9. The van der Waals surface area contributed by atoms with E-state index in [0.717, 1.165) is 0 Å². The molecule has 72 heteroatoms. The summed E-state index contributed by atoms with van der Waals surface area (Å²) in [7, 11) is 14.3. The van der Waals surface area contributed by atoms with Crippen molar-refractivity contribution in [2.45, 2.75) is 0 Å². The van der Waals surface area contributed by atoms with Crippen LogP contribution in [0.15, 0.2) is 133 Å². The van der Waals surface area contributed by atoms with Crippen molar-refractivity contribution in [2.24, 2.45) is 59.9 Å². The molecule has 0 aromatic carbocycles. The van der Waals surface area contributed by atoms with Crippen LogP contribution in [0, 0.1) is 191 Å². The van der Waals surface area contributed by atoms with E-state index in [4.69, 9.17) is 270 Å². The van der Waals surface area contributed by atoms with Crippen molar-refractivity contribution < 1.29 is 215 Å². The van der Waals surface area contributed by atoms with Crippen LogP contribution in [0.1, 0.15) is 68.3 Å². The minimum Gasteiger partial charge on any atom is -0.497 e. The summed E-state index contributed by atoms with van der Waals surface area (Å²) < 4.78 is 96.4. The second-order valence-electron chi connectivity index (χ2n) is 25.4. The quantitative estimate of drug-likeness (QED) is 0.0444. The van der Waals surface area contributed by atoms with Gasteiger partial charge in [0, 0.05) is 150 Å². The first-order valence-corrected chi connectivity index (χ1v) is 47.6. The van der Waals surface area contributed by atoms with Crippen molar-refractivity contribution in [3.05, 3.63) is 233 Å². The van der Waals surface area contributed by atoms with Crippen LogP contribution in [0.5, 0.6) is 34.5 Å². The second kappa shape index (κ2) is 81.8. The van der Waals surface area contributed by atoms with Gasteiger partial charge in [-0.2, -0.15) is 0 Å². The Hall–Kier alpha value is -12.0. The molecule has 150 heavy (non-hydrogen) atoms. The van der Waals surface area contributed by atoms with Gasteiger partial charge in [-0.3, -0.25) is 0 Å². The number of halogens is 10. The minimum atomic E-state index is -1.75. The third-order valence-corrected chi connectivity index (χ3v) is 18.4. The number of methoxy groups -OCH3 is 6. The third-order valence-electron chi connectivity index (χ3n) is 16.1. The van der Waals surface area contributed by atoms with Gasteiger partial charge < -0.3 is 177 Å². The molecule has 13 aliphatic heterocycles. The zero-order chi connectivity index (χ0) is 109. The zero-order valence-electron chi connectivity index (χ0n) is 79.0. The molecule has 0 saturated carbocycles. The Balaban J connectivity index is 0.000000836. The molecule has 2 radical (unpaired) electrons. The standard InChI is InChI=1S/6C12H13N3O3.C2H4Cl2.4CH2Cl2.6NO3.2Tb/c6*1-16-8-6-9(11-13-2-4-17-11)15-10(7-8)12-14-3-5-18-12;1-3-2-4-1;4*2-1-3;6*2-1(3)4;;/h6*6-7H,2-5H2,1H3;1-2H2;4*1H2;;;;;;;;/q;;;;;;+2;;;;;6*-1;;. The number of ether oxygens (including phenoxy) is 18. The average Bonchev–Trinajstić information content (AvgIpc) is 1.70. The summed E-state index contributed by atoms with van der Waals surface area (Å²) in [6.07, 6.45) is 0. The Bertz CT molecular complexity index is 4460. The van der Waals surface area contributed by atoms with Crippen molar-refractivity contribution in [3.63, 3.8) is 0 Å². The number of nitrogens with zero attached hydrogens (tertiary/aromatic N) is 24. The van der Waals surface area contributed by atoms with Crippen LogP contribution < -0.4 is 28.4 Å². The van der Waals surface area contributed by atoms with Crippen LogP contribution in [-0.2, 0) is 56.8 Å². The number of rotatable bonds is 18. The van der Waals surface area contributed by atoms with Gasteiger partial charge in [0.2, 0.25) is 70.8 Å². The number of aromatic nitrogens is 6. The fourth-order valence-electron chi connectivity index (χ4n) is 11.0. The first kappa shape index (κ1) is 136. The van der Waals surface area contributed by atoms with Crippen molar-refractivity contribution in [1.82, 2.24) is 29.9 Å². The van der Waals surface area contributed by atoms with E-state index in [1.54, 1.807) is 115 Å². The summed E-state index contributed by atoms with van der Waals surface area (Å²) in [6.45, 7) is 15.2. The second-order valence-corrected chi connectivity index (χ2v) is 31.0. The maximum atomic E-state index is 8.25. The summed E-state index contributed by atoms with van der Waals surface area (Å²) in [5, 5.41) is 91.7. The monoisotopic (exact) mass is 2610 g/mol.